The van der Waals surface area contributed by atoms with Gasteiger partial charge in [0, 0.05) is 13.5 Å². The van der Waals surface area contributed by atoms with E-state index in [2.05, 4.69) is 16.9 Å². The number of rotatable bonds is 4. The van der Waals surface area contributed by atoms with Gasteiger partial charge in [-0.05, 0) is 12.8 Å². The highest BCUT2D eigenvalue weighted by atomic mass is 32.2. The predicted molar refractivity (Wildman–Crippen MR) is 71.5 cm³/mol. The highest BCUT2D eigenvalue weighted by Crippen LogP contribution is 2.35. The summed E-state index contributed by atoms with van der Waals surface area (Å²) in [6.45, 7) is 6.12. The predicted octanol–water partition coefficient (Wildman–Crippen LogP) is 1.30. The van der Waals surface area contributed by atoms with Gasteiger partial charge in [-0.3, -0.25) is 9.79 Å². The number of aliphatic imine (C=N–C) groups is 1. The van der Waals surface area contributed by atoms with E-state index < -0.39 is 0 Å². The van der Waals surface area contributed by atoms with Crippen LogP contribution in [0.15, 0.2) is 17.6 Å². The molecule has 0 aromatic heterocycles. The minimum Gasteiger partial charge on any atom is -0.463 e. The van der Waals surface area contributed by atoms with Crippen LogP contribution in [0.3, 0.4) is 0 Å². The summed E-state index contributed by atoms with van der Waals surface area (Å²) in [6.07, 6.45) is 3.66. The molecule has 6 heteroatoms. The van der Waals surface area contributed by atoms with Gasteiger partial charge in [0.1, 0.15) is 12.0 Å². The van der Waals surface area contributed by atoms with Crippen molar-refractivity contribution in [1.29, 1.82) is 0 Å². The quantitative estimate of drug-likeness (QED) is 0.616. The summed E-state index contributed by atoms with van der Waals surface area (Å²) in [6, 6.07) is 0.218. The van der Waals surface area contributed by atoms with E-state index >= 15 is 0 Å². The van der Waals surface area contributed by atoms with Gasteiger partial charge in [-0.1, -0.05) is 17.8 Å². The first-order valence-electron chi connectivity index (χ1n) is 6.07. The smallest absolute Gasteiger partial charge is 0.302 e. The second kappa shape index (κ2) is 6.24. The van der Waals surface area contributed by atoms with E-state index in [1.807, 2.05) is 0 Å². The molecule has 0 aromatic rings. The van der Waals surface area contributed by atoms with E-state index in [9.17, 15) is 4.79 Å². The molecule has 3 atom stereocenters. The van der Waals surface area contributed by atoms with Gasteiger partial charge in [-0.25, -0.2) is 0 Å². The van der Waals surface area contributed by atoms with E-state index in [0.717, 1.165) is 18.0 Å². The molecule has 1 fully saturated rings. The molecule has 2 rings (SSSR count). The molecule has 0 spiro atoms. The third-order valence-electron chi connectivity index (χ3n) is 2.81. The minimum absolute atomic E-state index is 0.00314. The van der Waals surface area contributed by atoms with Crippen LogP contribution in [-0.2, 0) is 14.3 Å². The zero-order valence-corrected chi connectivity index (χ0v) is 11.2. The second-order valence-electron chi connectivity index (χ2n) is 4.30. The number of thioether (sulfide) groups is 1. The molecule has 2 aliphatic rings. The fourth-order valence-electron chi connectivity index (χ4n) is 1.94. The number of esters is 1. The summed E-state index contributed by atoms with van der Waals surface area (Å²) in [4.78, 5) is 15.3. The van der Waals surface area contributed by atoms with Gasteiger partial charge in [0.25, 0.3) is 0 Å². The maximum atomic E-state index is 10.8. The van der Waals surface area contributed by atoms with Crippen LogP contribution in [0.4, 0.5) is 0 Å². The summed E-state index contributed by atoms with van der Waals surface area (Å²) in [5.41, 5.74) is 0.0478. The Morgan fingerprint density at radius 1 is 1.72 bits per heavy atom. The van der Waals surface area contributed by atoms with Gasteiger partial charge in [-0.15, -0.1) is 6.58 Å². The first kappa shape index (κ1) is 13.4. The van der Waals surface area contributed by atoms with E-state index in [0.29, 0.717) is 13.2 Å². The van der Waals surface area contributed by atoms with Crippen molar-refractivity contribution in [2.75, 3.05) is 13.2 Å². The Morgan fingerprint density at radius 2 is 2.56 bits per heavy atom. The van der Waals surface area contributed by atoms with Crippen LogP contribution in [0, 0.1) is 0 Å². The minimum atomic E-state index is -0.260. The molecule has 18 heavy (non-hydrogen) atoms. The summed E-state index contributed by atoms with van der Waals surface area (Å²) in [7, 11) is 0. The maximum absolute atomic E-state index is 10.8. The Balaban J connectivity index is 1.79. The second-order valence-corrected chi connectivity index (χ2v) is 5.38. The van der Waals surface area contributed by atoms with Crippen molar-refractivity contribution in [3.05, 3.63) is 12.7 Å². The lowest BCUT2D eigenvalue weighted by Crippen LogP contribution is -2.36. The molecule has 5 nitrogen and oxygen atoms in total. The normalized spacial score (nSPS) is 30.3. The van der Waals surface area contributed by atoms with Gasteiger partial charge in [-0.2, -0.15) is 0 Å². The van der Waals surface area contributed by atoms with Crippen molar-refractivity contribution in [3.63, 3.8) is 0 Å². The largest absolute Gasteiger partial charge is 0.463 e. The number of hydrogen-bond acceptors (Lipinski definition) is 6. The third kappa shape index (κ3) is 3.49. The molecule has 100 valence electrons. The Bertz CT molecular complexity index is 359. The number of carbonyl (C=O) groups is 1. The molecule has 1 N–H and O–H groups in total. The first-order chi connectivity index (χ1) is 8.69. The fraction of sp³-hybridized carbons (Fsp3) is 0.667. The molecule has 3 unspecified atom stereocenters. The Labute approximate surface area is 111 Å². The van der Waals surface area contributed by atoms with Crippen molar-refractivity contribution in [2.24, 2.45) is 4.99 Å². The molecule has 0 aromatic carbocycles. The highest BCUT2D eigenvalue weighted by molar-refractivity contribution is 8.14. The lowest BCUT2D eigenvalue weighted by molar-refractivity contribution is -0.147. The van der Waals surface area contributed by atoms with Gasteiger partial charge in [0.15, 0.2) is 5.17 Å². The standard InChI is InChI=1S/C12H18N2O3S/c1-3-6-13-12-14-10-5-4-9(7-16-8(2)15)17-11(10)18-12/h3,9-11H,1,4-7H2,2H3,(H,13,14). The van der Waals surface area contributed by atoms with Crippen molar-refractivity contribution in [2.45, 2.75) is 37.3 Å². The van der Waals surface area contributed by atoms with Crippen LogP contribution in [0.5, 0.6) is 0 Å². The third-order valence-corrected chi connectivity index (χ3v) is 3.94. The SMILES string of the molecule is C=CCNC1=NC2CCC(COC(C)=O)OC2S1. The lowest BCUT2D eigenvalue weighted by atomic mass is 10.1. The van der Waals surface area contributed by atoms with Gasteiger partial charge >= 0.3 is 5.97 Å². The number of nitrogens with zero attached hydrogens (tertiary/aromatic N) is 1. The van der Waals surface area contributed by atoms with E-state index in [4.69, 9.17) is 9.47 Å². The average Bonchev–Trinajstić information content (AvgIpc) is 2.75. The molecule has 1 saturated heterocycles. The summed E-state index contributed by atoms with van der Waals surface area (Å²) < 4.78 is 10.9. The monoisotopic (exact) mass is 270 g/mol. The topological polar surface area (TPSA) is 59.9 Å². The zero-order chi connectivity index (χ0) is 13.0. The molecular weight excluding hydrogens is 252 g/mol. The van der Waals surface area contributed by atoms with Crippen molar-refractivity contribution < 1.29 is 14.3 Å². The van der Waals surface area contributed by atoms with E-state index in [1.165, 1.54) is 6.92 Å². The van der Waals surface area contributed by atoms with Crippen molar-refractivity contribution in [1.82, 2.24) is 5.32 Å². The number of fused-ring (bicyclic) bond motifs is 1. The molecule has 0 aliphatic carbocycles. The van der Waals surface area contributed by atoms with Crippen LogP contribution in [0.25, 0.3) is 0 Å². The van der Waals surface area contributed by atoms with Gasteiger partial charge in [0.05, 0.1) is 12.1 Å². The molecular formula is C12H18N2O3S. The molecule has 2 aliphatic heterocycles. The molecule has 0 bridgehead atoms. The average molecular weight is 270 g/mol. The Hall–Kier alpha value is -1.01. The Kier molecular flexibility index (Phi) is 4.66. The van der Waals surface area contributed by atoms with Crippen molar-refractivity contribution in [3.8, 4) is 0 Å². The number of ether oxygens (including phenoxy) is 2. The number of nitrogens with one attached hydrogen (secondary N) is 1. The Morgan fingerprint density at radius 3 is 3.28 bits per heavy atom. The van der Waals surface area contributed by atoms with E-state index in [1.54, 1.807) is 17.8 Å². The summed E-state index contributed by atoms with van der Waals surface area (Å²) >= 11 is 1.60. The lowest BCUT2D eigenvalue weighted by Gasteiger charge is -2.29. The van der Waals surface area contributed by atoms with Crippen molar-refractivity contribution >= 4 is 22.9 Å². The molecule has 0 amide bonds. The zero-order valence-electron chi connectivity index (χ0n) is 10.4. The molecule has 0 saturated carbocycles. The first-order valence-corrected chi connectivity index (χ1v) is 6.95. The van der Waals surface area contributed by atoms with Crippen LogP contribution < -0.4 is 5.32 Å². The van der Waals surface area contributed by atoms with Crippen LogP contribution >= 0.6 is 11.8 Å². The van der Waals surface area contributed by atoms with E-state index in [-0.39, 0.29) is 23.6 Å². The highest BCUT2D eigenvalue weighted by Gasteiger charge is 2.37. The maximum Gasteiger partial charge on any atom is 0.302 e. The molecule has 2 heterocycles. The number of amidine groups is 1. The number of hydrogen-bond donors (Lipinski definition) is 1. The van der Waals surface area contributed by atoms with Crippen LogP contribution in [0.1, 0.15) is 19.8 Å². The summed E-state index contributed by atoms with van der Waals surface area (Å²) in [5, 5.41) is 4.10. The van der Waals surface area contributed by atoms with Gasteiger partial charge in [0.2, 0.25) is 0 Å². The number of carbonyl (C=O) groups excluding carboxylic acids is 1. The van der Waals surface area contributed by atoms with Gasteiger partial charge < -0.3 is 14.8 Å². The molecule has 0 radical (unpaired) electrons. The summed E-state index contributed by atoms with van der Waals surface area (Å²) in [5.74, 6) is -0.260. The fourth-order valence-corrected chi connectivity index (χ4v) is 3.09. The van der Waals surface area contributed by atoms with Crippen LogP contribution in [-0.4, -0.2) is 41.9 Å². The van der Waals surface area contributed by atoms with Crippen LogP contribution in [0.2, 0.25) is 0 Å².